The molecule has 1 N–H and O–H groups in total. The average Bonchev–Trinajstić information content (AvgIpc) is 2.38. The van der Waals surface area contributed by atoms with Crippen molar-refractivity contribution in [2.75, 3.05) is 6.54 Å². The molecule has 86 valence electrons. The van der Waals surface area contributed by atoms with E-state index in [0.717, 1.165) is 0 Å². The average molecular weight is 226 g/mol. The van der Waals surface area contributed by atoms with Crippen LogP contribution < -0.4 is 0 Å². The number of aliphatic hydroxyl groups excluding tert-OH is 1. The highest BCUT2D eigenvalue weighted by atomic mass is 16.6. The SMILES string of the molecule is CC(C)(C)OC(=O)N1CC(O)=C([N+]#N)C1=O. The first-order valence-corrected chi connectivity index (χ1v) is 4.58. The molecule has 0 aromatic carbocycles. The van der Waals surface area contributed by atoms with Gasteiger partial charge in [0.2, 0.25) is 11.2 Å². The van der Waals surface area contributed by atoms with Gasteiger partial charge < -0.3 is 9.84 Å². The fraction of sp³-hybridized carbons (Fsp3) is 0.556. The van der Waals surface area contributed by atoms with Gasteiger partial charge in [0, 0.05) is 0 Å². The minimum Gasteiger partial charge on any atom is -0.504 e. The minimum absolute atomic E-state index is 0.340. The van der Waals surface area contributed by atoms with Crippen LogP contribution in [0.2, 0.25) is 0 Å². The number of hydrogen-bond acceptors (Lipinski definition) is 5. The van der Waals surface area contributed by atoms with Gasteiger partial charge in [0.15, 0.2) is 4.98 Å². The zero-order valence-corrected chi connectivity index (χ0v) is 9.22. The third kappa shape index (κ3) is 2.28. The largest absolute Gasteiger partial charge is 0.504 e. The third-order valence-corrected chi connectivity index (χ3v) is 1.74. The second kappa shape index (κ2) is 3.81. The zero-order valence-electron chi connectivity index (χ0n) is 9.22. The number of carbonyl (C=O) groups is 2. The number of rotatable bonds is 0. The van der Waals surface area contributed by atoms with Crippen LogP contribution in [-0.4, -0.2) is 34.2 Å². The van der Waals surface area contributed by atoms with Crippen molar-refractivity contribution in [3.8, 4) is 0 Å². The van der Waals surface area contributed by atoms with Crippen LogP contribution in [0.5, 0.6) is 0 Å². The second-order valence-corrected chi connectivity index (χ2v) is 4.27. The zero-order chi connectivity index (χ0) is 12.5. The molecule has 0 saturated carbocycles. The van der Waals surface area contributed by atoms with Gasteiger partial charge >= 0.3 is 17.7 Å². The predicted octanol–water partition coefficient (Wildman–Crippen LogP) is 1.39. The van der Waals surface area contributed by atoms with E-state index in [2.05, 4.69) is 4.98 Å². The summed E-state index contributed by atoms with van der Waals surface area (Å²) in [5.74, 6) is -1.34. The summed E-state index contributed by atoms with van der Waals surface area (Å²) in [6, 6.07) is 0. The molecule has 0 fully saturated rings. The van der Waals surface area contributed by atoms with Gasteiger partial charge in [0.05, 0.1) is 6.54 Å². The van der Waals surface area contributed by atoms with Gasteiger partial charge in [-0.1, -0.05) is 0 Å². The number of aliphatic hydroxyl groups is 1. The van der Waals surface area contributed by atoms with Crippen LogP contribution in [0.25, 0.3) is 4.98 Å². The van der Waals surface area contributed by atoms with Crippen molar-refractivity contribution >= 4 is 12.0 Å². The number of hydrogen-bond donors (Lipinski definition) is 1. The quantitative estimate of drug-likeness (QED) is 0.629. The van der Waals surface area contributed by atoms with Crippen molar-refractivity contribution in [2.45, 2.75) is 26.4 Å². The molecule has 16 heavy (non-hydrogen) atoms. The van der Waals surface area contributed by atoms with Gasteiger partial charge in [0.1, 0.15) is 5.60 Å². The van der Waals surface area contributed by atoms with Crippen LogP contribution in [0.15, 0.2) is 11.5 Å². The Morgan fingerprint density at radius 1 is 1.56 bits per heavy atom. The predicted molar refractivity (Wildman–Crippen MR) is 52.7 cm³/mol. The van der Waals surface area contributed by atoms with E-state index in [1.807, 2.05) is 0 Å². The van der Waals surface area contributed by atoms with Crippen molar-refractivity contribution in [3.05, 3.63) is 16.4 Å². The number of amides is 2. The summed E-state index contributed by atoms with van der Waals surface area (Å²) in [4.78, 5) is 26.2. The normalized spacial score (nSPS) is 16.4. The molecule has 0 saturated heterocycles. The van der Waals surface area contributed by atoms with Gasteiger partial charge in [-0.15, -0.1) is 0 Å². The maximum absolute atomic E-state index is 11.5. The standard InChI is InChI=1S/C9H11N3O4/c1-9(2,3)16-8(15)12-4-5(13)6(11-10)7(12)14/h4H2,1-3H3/p+1. The molecule has 7 nitrogen and oxygen atoms in total. The number of diazo groups is 1. The molecule has 1 aliphatic heterocycles. The van der Waals surface area contributed by atoms with E-state index in [0.29, 0.717) is 4.90 Å². The fourth-order valence-corrected chi connectivity index (χ4v) is 1.11. The van der Waals surface area contributed by atoms with Crippen molar-refractivity contribution in [3.63, 3.8) is 0 Å². The van der Waals surface area contributed by atoms with Crippen molar-refractivity contribution in [1.82, 2.24) is 4.90 Å². The molecular formula is C9H12N3O4+. The Balaban J connectivity index is 2.79. The lowest BCUT2D eigenvalue weighted by molar-refractivity contribution is -0.124. The highest BCUT2D eigenvalue weighted by molar-refractivity contribution is 6.06. The smallest absolute Gasteiger partial charge is 0.488 e. The molecule has 1 aliphatic rings. The van der Waals surface area contributed by atoms with E-state index in [9.17, 15) is 14.7 Å². The molecule has 0 unspecified atom stereocenters. The Bertz CT molecular complexity index is 413. The maximum Gasteiger partial charge on any atom is 0.488 e. The number of nitrogens with zero attached hydrogens (tertiary/aromatic N) is 3. The van der Waals surface area contributed by atoms with E-state index in [1.165, 1.54) is 0 Å². The summed E-state index contributed by atoms with van der Waals surface area (Å²) in [5.41, 5.74) is -1.28. The summed E-state index contributed by atoms with van der Waals surface area (Å²) < 4.78 is 4.94. The molecule has 0 aromatic heterocycles. The molecule has 2 amide bonds. The van der Waals surface area contributed by atoms with Crippen molar-refractivity contribution in [2.24, 2.45) is 0 Å². The lowest BCUT2D eigenvalue weighted by Crippen LogP contribution is -2.38. The van der Waals surface area contributed by atoms with E-state index < -0.39 is 29.1 Å². The summed E-state index contributed by atoms with van der Waals surface area (Å²) >= 11 is 0. The van der Waals surface area contributed by atoms with E-state index >= 15 is 0 Å². The van der Waals surface area contributed by atoms with Crippen LogP contribution >= 0.6 is 0 Å². The lowest BCUT2D eigenvalue weighted by atomic mass is 10.2. The van der Waals surface area contributed by atoms with Gasteiger partial charge in [-0.25, -0.2) is 9.69 Å². The summed E-state index contributed by atoms with van der Waals surface area (Å²) in [6.07, 6.45) is -0.886. The molecule has 1 heterocycles. The van der Waals surface area contributed by atoms with Crippen LogP contribution in [0.3, 0.4) is 0 Å². The van der Waals surface area contributed by atoms with Gasteiger partial charge in [-0.05, 0) is 20.8 Å². The van der Waals surface area contributed by atoms with Gasteiger partial charge in [-0.3, -0.25) is 4.79 Å². The monoisotopic (exact) mass is 226 g/mol. The molecule has 0 bridgehead atoms. The molecule has 7 heteroatoms. The number of imide groups is 1. The molecule has 0 aromatic rings. The first-order valence-electron chi connectivity index (χ1n) is 4.58. The highest BCUT2D eigenvalue weighted by Gasteiger charge is 2.45. The Labute approximate surface area is 91.9 Å². The highest BCUT2D eigenvalue weighted by Crippen LogP contribution is 2.20. The molecule has 1 rings (SSSR count). The van der Waals surface area contributed by atoms with Gasteiger partial charge in [-0.2, -0.15) is 0 Å². The minimum atomic E-state index is -0.886. The Morgan fingerprint density at radius 3 is 2.50 bits per heavy atom. The number of carbonyl (C=O) groups excluding carboxylic acids is 2. The maximum atomic E-state index is 11.5. The molecule has 0 spiro atoms. The molecule has 0 atom stereocenters. The van der Waals surface area contributed by atoms with Gasteiger partial charge in [0.25, 0.3) is 0 Å². The van der Waals surface area contributed by atoms with Crippen molar-refractivity contribution < 1.29 is 19.4 Å². The third-order valence-electron chi connectivity index (χ3n) is 1.74. The second-order valence-electron chi connectivity index (χ2n) is 4.27. The molecule has 0 radical (unpaired) electrons. The van der Waals surface area contributed by atoms with E-state index in [-0.39, 0.29) is 6.54 Å². The van der Waals surface area contributed by atoms with E-state index in [4.69, 9.17) is 10.1 Å². The van der Waals surface area contributed by atoms with E-state index in [1.54, 1.807) is 20.8 Å². The van der Waals surface area contributed by atoms with Crippen LogP contribution in [-0.2, 0) is 9.53 Å². The topological polar surface area (TPSA) is 95.0 Å². The Morgan fingerprint density at radius 2 is 2.12 bits per heavy atom. The summed E-state index contributed by atoms with van der Waals surface area (Å²) in [7, 11) is 0. The first kappa shape index (κ1) is 12.0. The first-order chi connectivity index (χ1) is 7.26. The Kier molecular flexibility index (Phi) is 2.85. The Hall–Kier alpha value is -2.10. The summed E-state index contributed by atoms with van der Waals surface area (Å²) in [6.45, 7) is 4.61. The molecular weight excluding hydrogens is 214 g/mol. The van der Waals surface area contributed by atoms with Crippen LogP contribution in [0.1, 0.15) is 20.8 Å². The fourth-order valence-electron chi connectivity index (χ4n) is 1.11. The number of ether oxygens (including phenoxy) is 1. The van der Waals surface area contributed by atoms with Crippen molar-refractivity contribution in [1.29, 1.82) is 5.39 Å². The summed E-state index contributed by atoms with van der Waals surface area (Å²) in [5, 5.41) is 17.7. The van der Waals surface area contributed by atoms with Crippen LogP contribution in [0.4, 0.5) is 4.79 Å². The molecule has 0 aliphatic carbocycles. The lowest BCUT2D eigenvalue weighted by Gasteiger charge is -2.22. The van der Waals surface area contributed by atoms with Crippen LogP contribution in [0, 0.1) is 5.39 Å².